The summed E-state index contributed by atoms with van der Waals surface area (Å²) in [5.41, 5.74) is 1.73. The molecule has 0 amide bonds. The molecule has 0 saturated heterocycles. The molecule has 1 aromatic heterocycles. The molecule has 4 nitrogen and oxygen atoms in total. The molecule has 4 rings (SSSR count). The highest BCUT2D eigenvalue weighted by Gasteiger charge is 2.25. The van der Waals surface area contributed by atoms with Crippen LogP contribution in [0.25, 0.3) is 32.8 Å². The van der Waals surface area contributed by atoms with Crippen molar-refractivity contribution in [3.63, 3.8) is 0 Å². The van der Waals surface area contributed by atoms with E-state index >= 15 is 0 Å². The van der Waals surface area contributed by atoms with E-state index < -0.39 is 5.97 Å². The largest absolute Gasteiger partial charge is 0.465 e. The van der Waals surface area contributed by atoms with Crippen molar-refractivity contribution in [3.05, 3.63) is 64.3 Å². The molecule has 0 radical (unpaired) electrons. The smallest absolute Gasteiger partial charge is 0.343 e. The number of fused-ring (bicyclic) bond motifs is 2. The fraction of sp³-hybridized carbons (Fsp3) is 0.100. The monoisotopic (exact) mass is 395 g/mol. The third-order valence-corrected chi connectivity index (χ3v) is 5.21. The highest BCUT2D eigenvalue weighted by Crippen LogP contribution is 2.42. The van der Waals surface area contributed by atoms with E-state index in [-0.39, 0.29) is 0 Å². The third-order valence-electron chi connectivity index (χ3n) is 4.35. The Hall–Kier alpha value is -2.66. The summed E-state index contributed by atoms with van der Waals surface area (Å²) >= 11 is 3.72. The second-order valence-electron chi connectivity index (χ2n) is 5.73. The van der Waals surface area contributed by atoms with Crippen LogP contribution in [0.15, 0.2) is 57.5 Å². The first-order valence-corrected chi connectivity index (χ1v) is 8.56. The van der Waals surface area contributed by atoms with Crippen LogP contribution in [-0.2, 0) is 4.74 Å². The van der Waals surface area contributed by atoms with Crippen molar-refractivity contribution < 1.29 is 14.1 Å². The molecule has 0 atom stereocenters. The Balaban J connectivity index is 2.22. The Morgan fingerprint density at radius 2 is 1.52 bits per heavy atom. The molecule has 124 valence electrons. The van der Waals surface area contributed by atoms with Gasteiger partial charge in [0.15, 0.2) is 0 Å². The van der Waals surface area contributed by atoms with Gasteiger partial charge in [0, 0.05) is 10.0 Å². The molecule has 0 spiro atoms. The Bertz CT molecular complexity index is 1070. The van der Waals surface area contributed by atoms with Gasteiger partial charge in [-0.1, -0.05) is 53.7 Å². The quantitative estimate of drug-likeness (QED) is 0.331. The van der Waals surface area contributed by atoms with Crippen LogP contribution in [0.5, 0.6) is 0 Å². The highest BCUT2D eigenvalue weighted by atomic mass is 79.9. The molecule has 0 aliphatic carbocycles. The molecule has 3 aromatic carbocycles. The maximum absolute atomic E-state index is 12.3. The Morgan fingerprint density at radius 3 is 2.04 bits per heavy atom. The van der Waals surface area contributed by atoms with Gasteiger partial charge in [0.25, 0.3) is 0 Å². The van der Waals surface area contributed by atoms with Gasteiger partial charge in [0.2, 0.25) is 0 Å². The van der Waals surface area contributed by atoms with E-state index in [4.69, 9.17) is 9.26 Å². The second kappa shape index (κ2) is 6.01. The van der Waals surface area contributed by atoms with Gasteiger partial charge in [-0.25, -0.2) is 4.79 Å². The Labute approximate surface area is 152 Å². The van der Waals surface area contributed by atoms with Crippen molar-refractivity contribution in [2.45, 2.75) is 6.92 Å². The minimum Gasteiger partial charge on any atom is -0.465 e. The van der Waals surface area contributed by atoms with Crippen molar-refractivity contribution >= 4 is 43.4 Å². The lowest BCUT2D eigenvalue weighted by Gasteiger charge is -2.13. The number of ether oxygens (including phenoxy) is 1. The Morgan fingerprint density at radius 1 is 1.00 bits per heavy atom. The van der Waals surface area contributed by atoms with Crippen molar-refractivity contribution in [3.8, 4) is 11.3 Å². The van der Waals surface area contributed by atoms with E-state index in [9.17, 15) is 4.79 Å². The first-order valence-electron chi connectivity index (χ1n) is 7.77. The van der Waals surface area contributed by atoms with E-state index in [1.54, 1.807) is 6.92 Å². The number of aromatic nitrogens is 1. The van der Waals surface area contributed by atoms with Crippen molar-refractivity contribution in [1.82, 2.24) is 5.16 Å². The molecule has 5 heteroatoms. The predicted molar refractivity (Wildman–Crippen MR) is 101 cm³/mol. The maximum Gasteiger partial charge on any atom is 0.343 e. The summed E-state index contributed by atoms with van der Waals surface area (Å²) < 4.78 is 11.3. The lowest BCUT2D eigenvalue weighted by atomic mass is 9.93. The molecule has 0 unspecified atom stereocenters. The van der Waals surface area contributed by atoms with Gasteiger partial charge in [-0.15, -0.1) is 0 Å². The number of benzene rings is 3. The number of hydrogen-bond acceptors (Lipinski definition) is 4. The van der Waals surface area contributed by atoms with Crippen LogP contribution in [0.1, 0.15) is 16.1 Å². The Kier molecular flexibility index (Phi) is 3.81. The summed E-state index contributed by atoms with van der Waals surface area (Å²) in [5, 5.41) is 8.28. The summed E-state index contributed by atoms with van der Waals surface area (Å²) in [6, 6.07) is 16.0. The van der Waals surface area contributed by atoms with Gasteiger partial charge >= 0.3 is 5.97 Å². The number of aryl methyl sites for hydroxylation is 1. The maximum atomic E-state index is 12.3. The molecule has 0 N–H and O–H groups in total. The molecular formula is C20H14BrNO3. The summed E-state index contributed by atoms with van der Waals surface area (Å²) in [6.07, 6.45) is 0. The average molecular weight is 396 g/mol. The van der Waals surface area contributed by atoms with E-state index in [2.05, 4.69) is 21.1 Å². The zero-order chi connectivity index (χ0) is 17.6. The minimum absolute atomic E-state index is 0.361. The van der Waals surface area contributed by atoms with E-state index in [0.29, 0.717) is 17.0 Å². The number of carbonyl (C=O) groups excluding carboxylic acids is 1. The summed E-state index contributed by atoms with van der Waals surface area (Å²) in [5.74, 6) is -0.0113. The van der Waals surface area contributed by atoms with Crippen LogP contribution in [-0.4, -0.2) is 18.2 Å². The third kappa shape index (κ3) is 2.35. The number of methoxy groups -OCH3 is 1. The van der Waals surface area contributed by atoms with Gasteiger partial charge in [0.05, 0.1) is 7.11 Å². The molecule has 0 aliphatic heterocycles. The van der Waals surface area contributed by atoms with Crippen LogP contribution < -0.4 is 0 Å². The van der Waals surface area contributed by atoms with Gasteiger partial charge in [-0.3, -0.25) is 0 Å². The molecule has 25 heavy (non-hydrogen) atoms. The normalized spacial score (nSPS) is 11.2. The van der Waals surface area contributed by atoms with E-state index in [1.165, 1.54) is 7.11 Å². The molecule has 0 fully saturated rings. The van der Waals surface area contributed by atoms with Crippen molar-refractivity contribution in [2.24, 2.45) is 0 Å². The number of hydrogen-bond donors (Lipinski definition) is 0. The number of esters is 1. The molecule has 0 saturated carbocycles. The van der Waals surface area contributed by atoms with Crippen LogP contribution in [0.3, 0.4) is 0 Å². The van der Waals surface area contributed by atoms with Gasteiger partial charge in [-0.2, -0.15) is 0 Å². The number of nitrogens with zero attached hydrogens (tertiary/aromatic N) is 1. The molecule has 1 heterocycles. The second-order valence-corrected chi connectivity index (χ2v) is 6.53. The summed E-state index contributed by atoms with van der Waals surface area (Å²) in [7, 11) is 1.36. The molecule has 0 bridgehead atoms. The lowest BCUT2D eigenvalue weighted by Crippen LogP contribution is -2.04. The van der Waals surface area contributed by atoms with Crippen molar-refractivity contribution in [1.29, 1.82) is 0 Å². The fourth-order valence-corrected chi connectivity index (χ4v) is 3.91. The van der Waals surface area contributed by atoms with Crippen molar-refractivity contribution in [2.75, 3.05) is 7.11 Å². The molecule has 0 aliphatic rings. The first kappa shape index (κ1) is 15.8. The van der Waals surface area contributed by atoms with Crippen LogP contribution in [0, 0.1) is 6.92 Å². The number of halogens is 1. The highest BCUT2D eigenvalue weighted by molar-refractivity contribution is 9.10. The van der Waals surface area contributed by atoms with Crippen LogP contribution in [0.2, 0.25) is 0 Å². The lowest BCUT2D eigenvalue weighted by molar-refractivity contribution is 0.0599. The van der Waals surface area contributed by atoms with E-state index in [0.717, 1.165) is 31.6 Å². The minimum atomic E-state index is -0.454. The molecular weight excluding hydrogens is 382 g/mol. The average Bonchev–Trinajstić information content (AvgIpc) is 3.03. The van der Waals surface area contributed by atoms with Gasteiger partial charge in [-0.05, 0) is 44.4 Å². The number of rotatable bonds is 2. The SMILES string of the molecule is COC(=O)c1c(-c2c3ccccc3c(Br)c3ccccc23)noc1C. The van der Waals surface area contributed by atoms with E-state index in [1.807, 2.05) is 48.5 Å². The first-order chi connectivity index (χ1) is 12.1. The van der Waals surface area contributed by atoms with Gasteiger partial charge < -0.3 is 9.26 Å². The zero-order valence-corrected chi connectivity index (χ0v) is 15.3. The summed E-state index contributed by atoms with van der Waals surface area (Å²) in [6.45, 7) is 1.71. The van der Waals surface area contributed by atoms with Crippen LogP contribution >= 0.6 is 15.9 Å². The fourth-order valence-electron chi connectivity index (χ4n) is 3.22. The predicted octanol–water partition coefficient (Wildman–Crippen LogP) is 5.51. The number of carbonyl (C=O) groups is 1. The molecule has 4 aromatic rings. The standard InChI is InChI=1S/C20H14BrNO3/c1-11-16(20(23)24-2)19(22-25-11)17-12-7-3-5-9-14(12)18(21)15-10-6-4-8-13(15)17/h3-10H,1-2H3. The van der Waals surface area contributed by atoms with Gasteiger partial charge in [0.1, 0.15) is 17.0 Å². The van der Waals surface area contributed by atoms with Crippen LogP contribution in [0.4, 0.5) is 0 Å². The zero-order valence-electron chi connectivity index (χ0n) is 13.7. The topological polar surface area (TPSA) is 52.3 Å². The summed E-state index contributed by atoms with van der Waals surface area (Å²) in [4.78, 5) is 12.3.